The number of hydrogen-bond acceptors (Lipinski definition) is 4. The normalized spacial score (nSPS) is 11.3. The molecule has 23 heavy (non-hydrogen) atoms. The van der Waals surface area contributed by atoms with E-state index in [2.05, 4.69) is 10.3 Å². The fourth-order valence-electron chi connectivity index (χ4n) is 1.89. The maximum atomic E-state index is 13.4. The number of nitrogens with one attached hydrogen (secondary N) is 1. The third-order valence-corrected chi connectivity index (χ3v) is 4.20. The lowest BCUT2D eigenvalue weighted by molar-refractivity contribution is 0.0944. The van der Waals surface area contributed by atoms with E-state index in [1.165, 1.54) is 12.1 Å². The predicted octanol–water partition coefficient (Wildman–Crippen LogP) is 1.74. The molecule has 0 bridgehead atoms. The standard InChI is InChI=1S/C15H14F2N2O3S/c1-23(21,22)12-4-2-10(3-5-12)6-7-18-15(20)14-13(17)8-11(16)9-19-14/h2-5,8-9H,6-7H2,1H3,(H,18,20). The quantitative estimate of drug-likeness (QED) is 0.899. The van der Waals surface area contributed by atoms with Gasteiger partial charge in [0, 0.05) is 18.9 Å². The van der Waals surface area contributed by atoms with Gasteiger partial charge in [0.1, 0.15) is 5.82 Å². The highest BCUT2D eigenvalue weighted by Gasteiger charge is 2.13. The van der Waals surface area contributed by atoms with Crippen LogP contribution in [-0.2, 0) is 16.3 Å². The van der Waals surface area contributed by atoms with Crippen molar-refractivity contribution in [3.63, 3.8) is 0 Å². The summed E-state index contributed by atoms with van der Waals surface area (Å²) >= 11 is 0. The van der Waals surface area contributed by atoms with E-state index in [1.807, 2.05) is 0 Å². The molecule has 2 aromatic rings. The van der Waals surface area contributed by atoms with Gasteiger partial charge < -0.3 is 5.32 Å². The van der Waals surface area contributed by atoms with Gasteiger partial charge in [-0.1, -0.05) is 12.1 Å². The molecule has 122 valence electrons. The zero-order valence-electron chi connectivity index (χ0n) is 12.2. The highest BCUT2D eigenvalue weighted by Crippen LogP contribution is 2.11. The first-order chi connectivity index (χ1) is 10.8. The molecule has 1 aromatic carbocycles. The fourth-order valence-corrected chi connectivity index (χ4v) is 2.52. The largest absolute Gasteiger partial charge is 0.350 e. The number of nitrogens with zero attached hydrogens (tertiary/aromatic N) is 1. The second kappa shape index (κ2) is 6.82. The fraction of sp³-hybridized carbons (Fsp3) is 0.200. The van der Waals surface area contributed by atoms with Gasteiger partial charge in [0.05, 0.1) is 11.1 Å². The molecule has 0 aliphatic heterocycles. The highest BCUT2D eigenvalue weighted by molar-refractivity contribution is 7.90. The maximum Gasteiger partial charge on any atom is 0.272 e. The van der Waals surface area contributed by atoms with Crippen LogP contribution in [0.5, 0.6) is 0 Å². The number of rotatable bonds is 5. The predicted molar refractivity (Wildman–Crippen MR) is 79.7 cm³/mol. The number of pyridine rings is 1. The van der Waals surface area contributed by atoms with Crippen LogP contribution in [0.1, 0.15) is 16.1 Å². The number of benzene rings is 1. The Kier molecular flexibility index (Phi) is 5.05. The van der Waals surface area contributed by atoms with Crippen LogP contribution in [-0.4, -0.2) is 32.1 Å². The lowest BCUT2D eigenvalue weighted by Crippen LogP contribution is -2.27. The first-order valence-corrected chi connectivity index (χ1v) is 8.55. The Morgan fingerprint density at radius 1 is 1.22 bits per heavy atom. The lowest BCUT2D eigenvalue weighted by Gasteiger charge is -2.06. The molecule has 0 radical (unpaired) electrons. The molecule has 8 heteroatoms. The van der Waals surface area contributed by atoms with Gasteiger partial charge in [0.25, 0.3) is 5.91 Å². The summed E-state index contributed by atoms with van der Waals surface area (Å²) in [6, 6.07) is 6.83. The summed E-state index contributed by atoms with van der Waals surface area (Å²) in [7, 11) is -3.25. The van der Waals surface area contributed by atoms with Crippen LogP contribution < -0.4 is 5.32 Å². The summed E-state index contributed by atoms with van der Waals surface area (Å²) in [4.78, 5) is 15.4. The van der Waals surface area contributed by atoms with Gasteiger partial charge in [-0.05, 0) is 24.1 Å². The Morgan fingerprint density at radius 3 is 2.43 bits per heavy atom. The number of carbonyl (C=O) groups excluding carboxylic acids is 1. The van der Waals surface area contributed by atoms with Gasteiger partial charge in [0.2, 0.25) is 0 Å². The van der Waals surface area contributed by atoms with Crippen molar-refractivity contribution in [1.82, 2.24) is 10.3 Å². The van der Waals surface area contributed by atoms with Crippen molar-refractivity contribution in [2.24, 2.45) is 0 Å². The van der Waals surface area contributed by atoms with Crippen molar-refractivity contribution in [3.05, 3.63) is 59.4 Å². The van der Waals surface area contributed by atoms with E-state index in [0.29, 0.717) is 12.5 Å². The molecule has 1 amide bonds. The van der Waals surface area contributed by atoms with E-state index in [4.69, 9.17) is 0 Å². The third-order valence-electron chi connectivity index (χ3n) is 3.07. The van der Waals surface area contributed by atoms with Crippen molar-refractivity contribution < 1.29 is 22.0 Å². The van der Waals surface area contributed by atoms with Crippen molar-refractivity contribution in [2.75, 3.05) is 12.8 Å². The molecule has 0 spiro atoms. The molecule has 0 aliphatic carbocycles. The molecule has 5 nitrogen and oxygen atoms in total. The smallest absolute Gasteiger partial charge is 0.272 e. The summed E-state index contributed by atoms with van der Waals surface area (Å²) in [6.45, 7) is 0.204. The molecule has 1 N–H and O–H groups in total. The Hall–Kier alpha value is -2.35. The third kappa shape index (κ3) is 4.56. The molecule has 0 fully saturated rings. The van der Waals surface area contributed by atoms with Gasteiger partial charge in [-0.25, -0.2) is 22.2 Å². The molecular formula is C15H14F2N2O3S. The molecule has 0 saturated heterocycles. The van der Waals surface area contributed by atoms with E-state index in [-0.39, 0.29) is 11.4 Å². The minimum Gasteiger partial charge on any atom is -0.350 e. The molecular weight excluding hydrogens is 326 g/mol. The molecule has 0 saturated carbocycles. The topological polar surface area (TPSA) is 76.1 Å². The summed E-state index contributed by atoms with van der Waals surface area (Å²) in [5, 5.41) is 2.47. The number of amides is 1. The SMILES string of the molecule is CS(=O)(=O)c1ccc(CCNC(=O)c2ncc(F)cc2F)cc1. The minimum absolute atomic E-state index is 0.204. The van der Waals surface area contributed by atoms with Crippen LogP contribution in [0, 0.1) is 11.6 Å². The summed E-state index contributed by atoms with van der Waals surface area (Å²) < 4.78 is 48.8. The van der Waals surface area contributed by atoms with Gasteiger partial charge in [0.15, 0.2) is 21.3 Å². The highest BCUT2D eigenvalue weighted by atomic mass is 32.2. The van der Waals surface area contributed by atoms with E-state index < -0.39 is 33.1 Å². The van der Waals surface area contributed by atoms with Gasteiger partial charge in [-0.15, -0.1) is 0 Å². The van der Waals surface area contributed by atoms with Crippen LogP contribution in [0.15, 0.2) is 41.4 Å². The Morgan fingerprint density at radius 2 is 1.87 bits per heavy atom. The van der Waals surface area contributed by atoms with Crippen LogP contribution in [0.3, 0.4) is 0 Å². The van der Waals surface area contributed by atoms with E-state index in [0.717, 1.165) is 18.0 Å². The number of carbonyl (C=O) groups is 1. The number of aromatic nitrogens is 1. The zero-order chi connectivity index (χ0) is 17.0. The summed E-state index contributed by atoms with van der Waals surface area (Å²) in [5.74, 6) is -2.62. The van der Waals surface area contributed by atoms with Crippen molar-refractivity contribution >= 4 is 15.7 Å². The van der Waals surface area contributed by atoms with E-state index >= 15 is 0 Å². The average molecular weight is 340 g/mol. The van der Waals surface area contributed by atoms with Crippen LogP contribution in [0.4, 0.5) is 8.78 Å². The first kappa shape index (κ1) is 17.0. The summed E-state index contributed by atoms with van der Waals surface area (Å²) in [6.07, 6.45) is 2.31. The monoisotopic (exact) mass is 340 g/mol. The van der Waals surface area contributed by atoms with Crippen molar-refractivity contribution in [2.45, 2.75) is 11.3 Å². The zero-order valence-corrected chi connectivity index (χ0v) is 13.0. The van der Waals surface area contributed by atoms with Gasteiger partial charge in [-0.2, -0.15) is 0 Å². The van der Waals surface area contributed by atoms with Gasteiger partial charge in [-0.3, -0.25) is 4.79 Å². The molecule has 0 unspecified atom stereocenters. The van der Waals surface area contributed by atoms with Crippen molar-refractivity contribution in [3.8, 4) is 0 Å². The number of sulfone groups is 1. The molecule has 1 heterocycles. The van der Waals surface area contributed by atoms with E-state index in [9.17, 15) is 22.0 Å². The molecule has 0 atom stereocenters. The molecule has 0 aliphatic rings. The van der Waals surface area contributed by atoms with Crippen LogP contribution in [0.25, 0.3) is 0 Å². The molecule has 1 aromatic heterocycles. The van der Waals surface area contributed by atoms with Gasteiger partial charge >= 0.3 is 0 Å². The number of halogens is 2. The van der Waals surface area contributed by atoms with E-state index in [1.54, 1.807) is 12.1 Å². The number of hydrogen-bond donors (Lipinski definition) is 1. The minimum atomic E-state index is -3.25. The Bertz CT molecular complexity index is 821. The summed E-state index contributed by atoms with van der Waals surface area (Å²) in [5.41, 5.74) is 0.337. The Balaban J connectivity index is 1.93. The Labute approximate surface area is 132 Å². The first-order valence-electron chi connectivity index (χ1n) is 6.65. The maximum absolute atomic E-state index is 13.4. The lowest BCUT2D eigenvalue weighted by atomic mass is 10.1. The van der Waals surface area contributed by atoms with Crippen molar-refractivity contribution in [1.29, 1.82) is 0 Å². The van der Waals surface area contributed by atoms with Crippen LogP contribution in [0.2, 0.25) is 0 Å². The second-order valence-corrected chi connectivity index (χ2v) is 6.92. The van der Waals surface area contributed by atoms with Crippen LogP contribution >= 0.6 is 0 Å². The second-order valence-electron chi connectivity index (χ2n) is 4.91. The average Bonchev–Trinajstić information content (AvgIpc) is 2.46. The molecule has 2 rings (SSSR count).